The SMILES string of the molecule is Cc1cc(S(=O)(=O)C2CS(=O)(=O)CC2NC2CCCCC2)ccc1F. The van der Waals surface area contributed by atoms with E-state index in [4.69, 9.17) is 0 Å². The zero-order valence-electron chi connectivity index (χ0n) is 14.2. The minimum atomic E-state index is -3.86. The third kappa shape index (κ3) is 4.06. The van der Waals surface area contributed by atoms with Crippen molar-refractivity contribution in [2.24, 2.45) is 0 Å². The molecule has 1 saturated heterocycles. The van der Waals surface area contributed by atoms with Crippen LogP contribution in [0.3, 0.4) is 0 Å². The van der Waals surface area contributed by atoms with Gasteiger partial charge in [-0.05, 0) is 43.5 Å². The molecule has 25 heavy (non-hydrogen) atoms. The van der Waals surface area contributed by atoms with Crippen LogP contribution in [0.1, 0.15) is 37.7 Å². The van der Waals surface area contributed by atoms with E-state index < -0.39 is 36.8 Å². The van der Waals surface area contributed by atoms with Crippen LogP contribution in [-0.4, -0.2) is 45.7 Å². The van der Waals surface area contributed by atoms with Gasteiger partial charge in [-0.2, -0.15) is 0 Å². The quantitative estimate of drug-likeness (QED) is 0.797. The highest BCUT2D eigenvalue weighted by atomic mass is 32.2. The molecule has 1 saturated carbocycles. The molecule has 140 valence electrons. The van der Waals surface area contributed by atoms with E-state index >= 15 is 0 Å². The first-order chi connectivity index (χ1) is 11.7. The van der Waals surface area contributed by atoms with Gasteiger partial charge < -0.3 is 5.32 Å². The normalized spacial score (nSPS) is 27.4. The Bertz CT molecular complexity index is 845. The molecule has 8 heteroatoms. The van der Waals surface area contributed by atoms with Gasteiger partial charge in [0, 0.05) is 12.1 Å². The van der Waals surface area contributed by atoms with Gasteiger partial charge in [0.15, 0.2) is 19.7 Å². The summed E-state index contributed by atoms with van der Waals surface area (Å²) in [5, 5.41) is 2.27. The van der Waals surface area contributed by atoms with Gasteiger partial charge in [-0.1, -0.05) is 19.3 Å². The molecule has 2 aliphatic rings. The zero-order chi connectivity index (χ0) is 18.2. The Morgan fingerprint density at radius 1 is 1.12 bits per heavy atom. The van der Waals surface area contributed by atoms with E-state index in [1.807, 2.05) is 0 Å². The highest BCUT2D eigenvalue weighted by Crippen LogP contribution is 2.28. The molecule has 0 aromatic heterocycles. The Balaban J connectivity index is 1.89. The molecule has 0 radical (unpaired) electrons. The number of hydrogen-bond acceptors (Lipinski definition) is 5. The predicted molar refractivity (Wildman–Crippen MR) is 94.6 cm³/mol. The second-order valence-corrected chi connectivity index (χ2v) is 11.5. The van der Waals surface area contributed by atoms with Crippen LogP contribution in [0.2, 0.25) is 0 Å². The monoisotopic (exact) mass is 389 g/mol. The molecule has 1 aromatic rings. The lowest BCUT2D eigenvalue weighted by Crippen LogP contribution is -2.48. The van der Waals surface area contributed by atoms with Gasteiger partial charge in [-0.15, -0.1) is 0 Å². The second kappa shape index (κ2) is 6.96. The molecule has 0 spiro atoms. The van der Waals surface area contributed by atoms with Crippen LogP contribution in [0.5, 0.6) is 0 Å². The predicted octanol–water partition coefficient (Wildman–Crippen LogP) is 2.00. The van der Waals surface area contributed by atoms with Crippen molar-refractivity contribution >= 4 is 19.7 Å². The molecule has 2 atom stereocenters. The van der Waals surface area contributed by atoms with Gasteiger partial charge in [0.1, 0.15) is 5.82 Å². The Hall–Kier alpha value is -0.990. The number of nitrogens with one attached hydrogen (secondary N) is 1. The average Bonchev–Trinajstić information content (AvgIpc) is 2.86. The summed E-state index contributed by atoms with van der Waals surface area (Å²) < 4.78 is 63.7. The minimum Gasteiger partial charge on any atom is -0.309 e. The second-order valence-electron chi connectivity index (χ2n) is 7.18. The van der Waals surface area contributed by atoms with Crippen molar-refractivity contribution in [1.82, 2.24) is 5.32 Å². The fraction of sp³-hybridized carbons (Fsp3) is 0.647. The fourth-order valence-corrected chi connectivity index (χ4v) is 8.58. The van der Waals surface area contributed by atoms with Gasteiger partial charge in [0.25, 0.3) is 0 Å². The van der Waals surface area contributed by atoms with Crippen molar-refractivity contribution in [3.05, 3.63) is 29.6 Å². The van der Waals surface area contributed by atoms with E-state index in [2.05, 4.69) is 5.32 Å². The van der Waals surface area contributed by atoms with E-state index in [9.17, 15) is 21.2 Å². The number of benzene rings is 1. The van der Waals surface area contributed by atoms with Crippen LogP contribution in [-0.2, 0) is 19.7 Å². The van der Waals surface area contributed by atoms with E-state index in [-0.39, 0.29) is 28.0 Å². The summed E-state index contributed by atoms with van der Waals surface area (Å²) in [6, 6.07) is 3.19. The number of rotatable bonds is 4. The molecule has 1 N–H and O–H groups in total. The van der Waals surface area contributed by atoms with E-state index in [1.54, 1.807) is 0 Å². The highest BCUT2D eigenvalue weighted by Gasteiger charge is 2.46. The first kappa shape index (κ1) is 18.8. The Morgan fingerprint density at radius 3 is 2.44 bits per heavy atom. The largest absolute Gasteiger partial charge is 0.309 e. The third-order valence-corrected chi connectivity index (χ3v) is 9.36. The molecule has 3 rings (SSSR count). The van der Waals surface area contributed by atoms with Crippen molar-refractivity contribution in [2.45, 2.75) is 61.3 Å². The fourth-order valence-electron chi connectivity index (χ4n) is 3.82. The summed E-state index contributed by atoms with van der Waals surface area (Å²) in [7, 11) is -7.28. The van der Waals surface area contributed by atoms with Crippen LogP contribution in [0.25, 0.3) is 0 Å². The summed E-state index contributed by atoms with van der Waals surface area (Å²) in [5.41, 5.74) is 0.235. The van der Waals surface area contributed by atoms with E-state index in [1.165, 1.54) is 19.1 Å². The van der Waals surface area contributed by atoms with Crippen molar-refractivity contribution in [3.63, 3.8) is 0 Å². The molecule has 1 aliphatic carbocycles. The smallest absolute Gasteiger partial charge is 0.183 e. The maximum Gasteiger partial charge on any atom is 0.183 e. The molecule has 1 aromatic carbocycles. The molecule has 2 unspecified atom stereocenters. The first-order valence-corrected chi connectivity index (χ1v) is 12.0. The van der Waals surface area contributed by atoms with E-state index in [0.29, 0.717) is 0 Å². The summed E-state index contributed by atoms with van der Waals surface area (Å²) in [6.45, 7) is 1.50. The number of aryl methyl sites for hydroxylation is 1. The van der Waals surface area contributed by atoms with Gasteiger partial charge >= 0.3 is 0 Å². The Morgan fingerprint density at radius 2 is 1.80 bits per heavy atom. The maximum absolute atomic E-state index is 13.5. The lowest BCUT2D eigenvalue weighted by molar-refractivity contribution is 0.345. The molecular weight excluding hydrogens is 365 g/mol. The first-order valence-electron chi connectivity index (χ1n) is 8.65. The minimum absolute atomic E-state index is 0.0102. The molecule has 0 bridgehead atoms. The highest BCUT2D eigenvalue weighted by molar-refractivity contribution is 7.96. The van der Waals surface area contributed by atoms with Gasteiger partial charge in [-0.3, -0.25) is 0 Å². The van der Waals surface area contributed by atoms with Gasteiger partial charge in [-0.25, -0.2) is 21.2 Å². The summed E-state index contributed by atoms with van der Waals surface area (Å²) in [4.78, 5) is -0.0102. The van der Waals surface area contributed by atoms with E-state index in [0.717, 1.165) is 38.2 Å². The summed E-state index contributed by atoms with van der Waals surface area (Å²) in [6.07, 6.45) is 5.20. The lowest BCUT2D eigenvalue weighted by Gasteiger charge is -2.28. The van der Waals surface area contributed by atoms with Crippen LogP contribution in [0.15, 0.2) is 23.1 Å². The Labute approximate surface area is 148 Å². The van der Waals surface area contributed by atoms with Crippen molar-refractivity contribution in [3.8, 4) is 0 Å². The maximum atomic E-state index is 13.5. The molecule has 1 aliphatic heterocycles. The molecule has 1 heterocycles. The van der Waals surface area contributed by atoms with Gasteiger partial charge in [0.2, 0.25) is 0 Å². The Kier molecular flexibility index (Phi) is 5.23. The number of sulfone groups is 2. The van der Waals surface area contributed by atoms with Crippen LogP contribution >= 0.6 is 0 Å². The molecule has 0 amide bonds. The number of hydrogen-bond donors (Lipinski definition) is 1. The van der Waals surface area contributed by atoms with Crippen molar-refractivity contribution in [2.75, 3.05) is 11.5 Å². The average molecular weight is 390 g/mol. The van der Waals surface area contributed by atoms with Crippen LogP contribution < -0.4 is 5.32 Å². The van der Waals surface area contributed by atoms with Crippen molar-refractivity contribution in [1.29, 1.82) is 0 Å². The number of halogens is 1. The van der Waals surface area contributed by atoms with Gasteiger partial charge in [0.05, 0.1) is 21.7 Å². The summed E-state index contributed by atoms with van der Waals surface area (Å²) in [5.74, 6) is -1.01. The standard InChI is InChI=1S/C17H24FNO4S2/c1-12-9-14(7-8-15(12)18)25(22,23)17-11-24(20,21)10-16(17)19-13-5-3-2-4-6-13/h7-9,13,16-17,19H,2-6,10-11H2,1H3. The molecular formula is C17H24FNO4S2. The van der Waals surface area contributed by atoms with Crippen LogP contribution in [0.4, 0.5) is 4.39 Å². The third-order valence-electron chi connectivity index (χ3n) is 5.21. The lowest BCUT2D eigenvalue weighted by atomic mass is 9.95. The topological polar surface area (TPSA) is 80.3 Å². The summed E-state index contributed by atoms with van der Waals surface area (Å²) >= 11 is 0. The molecule has 2 fully saturated rings. The zero-order valence-corrected chi connectivity index (χ0v) is 15.9. The molecule has 5 nitrogen and oxygen atoms in total. The van der Waals surface area contributed by atoms with Crippen LogP contribution in [0, 0.1) is 12.7 Å². The van der Waals surface area contributed by atoms with Crippen molar-refractivity contribution < 1.29 is 21.2 Å².